The predicted octanol–water partition coefficient (Wildman–Crippen LogP) is 1.22. The average Bonchev–Trinajstić information content (AvgIpc) is 2.33. The summed E-state index contributed by atoms with van der Waals surface area (Å²) < 4.78 is 0. The number of nitrogens with one attached hydrogen (secondary N) is 1. The van der Waals surface area contributed by atoms with Gasteiger partial charge in [0.15, 0.2) is 0 Å². The second kappa shape index (κ2) is 6.43. The maximum atomic E-state index is 12.2. The Hall–Kier alpha value is -1.30. The molecule has 1 aliphatic heterocycles. The van der Waals surface area contributed by atoms with Crippen LogP contribution in [0, 0.1) is 5.41 Å². The number of carbonyl (C=O) groups is 2. The molecule has 0 aromatic rings. The van der Waals surface area contributed by atoms with Crippen LogP contribution in [0.2, 0.25) is 0 Å². The minimum atomic E-state index is -0.992. The largest absolute Gasteiger partial charge is 0.480 e. The average molecular weight is 285 g/mol. The zero-order valence-corrected chi connectivity index (χ0v) is 13.1. The molecule has 6 nitrogen and oxygen atoms in total. The van der Waals surface area contributed by atoms with E-state index >= 15 is 0 Å². The van der Waals surface area contributed by atoms with Crippen molar-refractivity contribution in [3.8, 4) is 0 Å². The highest BCUT2D eigenvalue weighted by atomic mass is 16.4. The van der Waals surface area contributed by atoms with Crippen LogP contribution in [0.4, 0.5) is 4.79 Å². The Morgan fingerprint density at radius 3 is 2.10 bits per heavy atom. The first-order valence-corrected chi connectivity index (χ1v) is 7.07. The summed E-state index contributed by atoms with van der Waals surface area (Å²) in [5, 5.41) is 11.9. The van der Waals surface area contributed by atoms with Gasteiger partial charge >= 0.3 is 12.0 Å². The third-order valence-corrected chi connectivity index (χ3v) is 3.86. The summed E-state index contributed by atoms with van der Waals surface area (Å²) in [6.45, 7) is 6.77. The van der Waals surface area contributed by atoms with Gasteiger partial charge in [-0.15, -0.1) is 0 Å². The number of urea groups is 1. The zero-order chi connectivity index (χ0) is 15.5. The standard InChI is InChI=1S/C14H27N3O3/c1-14(2,3)11(12(18)19)15-13(20)17-8-6-10(7-9-17)16(4)5/h10-11H,6-9H2,1-5H3,(H,15,20)(H,18,19). The van der Waals surface area contributed by atoms with Gasteiger partial charge in [-0.2, -0.15) is 0 Å². The maximum absolute atomic E-state index is 12.2. The molecule has 0 aromatic heterocycles. The highest BCUT2D eigenvalue weighted by Gasteiger charge is 2.34. The number of amides is 2. The molecule has 116 valence electrons. The van der Waals surface area contributed by atoms with Crippen molar-refractivity contribution in [1.82, 2.24) is 15.1 Å². The van der Waals surface area contributed by atoms with Crippen LogP contribution in [0.3, 0.4) is 0 Å². The first kappa shape index (κ1) is 16.8. The molecule has 2 amide bonds. The highest BCUT2D eigenvalue weighted by Crippen LogP contribution is 2.20. The SMILES string of the molecule is CN(C)C1CCN(C(=O)NC(C(=O)O)C(C)(C)C)CC1. The van der Waals surface area contributed by atoms with Crippen LogP contribution in [-0.2, 0) is 4.79 Å². The van der Waals surface area contributed by atoms with Gasteiger partial charge in [-0.05, 0) is 32.4 Å². The number of likely N-dealkylation sites (tertiary alicyclic amines) is 1. The lowest BCUT2D eigenvalue weighted by Crippen LogP contribution is -2.55. The van der Waals surface area contributed by atoms with Gasteiger partial charge < -0.3 is 20.2 Å². The lowest BCUT2D eigenvalue weighted by Gasteiger charge is -2.37. The van der Waals surface area contributed by atoms with E-state index in [9.17, 15) is 14.7 Å². The minimum Gasteiger partial charge on any atom is -0.480 e. The number of piperidine rings is 1. The Balaban J connectivity index is 2.57. The molecule has 0 aliphatic carbocycles. The van der Waals surface area contributed by atoms with Crippen LogP contribution < -0.4 is 5.32 Å². The normalized spacial score (nSPS) is 19.0. The van der Waals surface area contributed by atoms with Gasteiger partial charge in [-0.1, -0.05) is 20.8 Å². The number of carbonyl (C=O) groups excluding carboxylic acids is 1. The molecule has 1 unspecified atom stereocenters. The number of rotatable bonds is 3. The number of hydrogen-bond donors (Lipinski definition) is 2. The van der Waals surface area contributed by atoms with E-state index in [-0.39, 0.29) is 6.03 Å². The third kappa shape index (κ3) is 4.37. The van der Waals surface area contributed by atoms with E-state index in [2.05, 4.69) is 10.2 Å². The van der Waals surface area contributed by atoms with E-state index in [4.69, 9.17) is 0 Å². The van der Waals surface area contributed by atoms with Crippen molar-refractivity contribution in [2.24, 2.45) is 5.41 Å². The van der Waals surface area contributed by atoms with Crippen molar-refractivity contribution in [2.75, 3.05) is 27.2 Å². The number of carboxylic acid groups (broad SMARTS) is 1. The van der Waals surface area contributed by atoms with E-state index in [1.54, 1.807) is 4.90 Å². The fourth-order valence-corrected chi connectivity index (χ4v) is 2.45. The van der Waals surface area contributed by atoms with E-state index in [0.29, 0.717) is 19.1 Å². The molecule has 0 spiro atoms. The molecular formula is C14H27N3O3. The zero-order valence-electron chi connectivity index (χ0n) is 13.1. The van der Waals surface area contributed by atoms with Crippen LogP contribution in [0.25, 0.3) is 0 Å². The summed E-state index contributed by atoms with van der Waals surface area (Å²) in [6, 6.07) is -0.650. The molecule has 1 saturated heterocycles. The number of carboxylic acids is 1. The molecule has 0 radical (unpaired) electrons. The first-order valence-electron chi connectivity index (χ1n) is 7.07. The summed E-state index contributed by atoms with van der Waals surface area (Å²) in [5.74, 6) is -0.992. The molecule has 20 heavy (non-hydrogen) atoms. The monoisotopic (exact) mass is 285 g/mol. The van der Waals surface area contributed by atoms with Gasteiger partial charge in [0, 0.05) is 19.1 Å². The fraction of sp³-hybridized carbons (Fsp3) is 0.857. The summed E-state index contributed by atoms with van der Waals surface area (Å²) in [7, 11) is 4.08. The van der Waals surface area contributed by atoms with Gasteiger partial charge in [0.2, 0.25) is 0 Å². The molecule has 6 heteroatoms. The van der Waals surface area contributed by atoms with Gasteiger partial charge in [0.1, 0.15) is 6.04 Å². The van der Waals surface area contributed by atoms with E-state index in [1.165, 1.54) is 0 Å². The molecular weight excluding hydrogens is 258 g/mol. The molecule has 1 fully saturated rings. The highest BCUT2D eigenvalue weighted by molar-refractivity contribution is 5.83. The Kier molecular flexibility index (Phi) is 5.39. The van der Waals surface area contributed by atoms with Crippen LogP contribution in [0.15, 0.2) is 0 Å². The molecule has 0 aromatic carbocycles. The summed E-state index contributed by atoms with van der Waals surface area (Å²) in [5.41, 5.74) is -0.510. The van der Waals surface area contributed by atoms with Gasteiger partial charge in [0.25, 0.3) is 0 Å². The molecule has 1 aliphatic rings. The van der Waals surface area contributed by atoms with Crippen molar-refractivity contribution in [1.29, 1.82) is 0 Å². The van der Waals surface area contributed by atoms with Gasteiger partial charge in [0.05, 0.1) is 0 Å². The topological polar surface area (TPSA) is 72.9 Å². The van der Waals surface area contributed by atoms with Gasteiger partial charge in [-0.25, -0.2) is 9.59 Å². The van der Waals surface area contributed by atoms with Crippen LogP contribution in [-0.4, -0.2) is 66.2 Å². The maximum Gasteiger partial charge on any atom is 0.326 e. The van der Waals surface area contributed by atoms with E-state index < -0.39 is 17.4 Å². The quantitative estimate of drug-likeness (QED) is 0.818. The van der Waals surface area contributed by atoms with Crippen molar-refractivity contribution in [2.45, 2.75) is 45.7 Å². The summed E-state index contributed by atoms with van der Waals surface area (Å²) in [4.78, 5) is 27.3. The second-order valence-electron chi connectivity index (χ2n) is 6.77. The van der Waals surface area contributed by atoms with E-state index in [1.807, 2.05) is 34.9 Å². The van der Waals surface area contributed by atoms with E-state index in [0.717, 1.165) is 12.8 Å². The fourth-order valence-electron chi connectivity index (χ4n) is 2.45. The lowest BCUT2D eigenvalue weighted by molar-refractivity contribution is -0.142. The summed E-state index contributed by atoms with van der Waals surface area (Å²) >= 11 is 0. The van der Waals surface area contributed by atoms with Crippen LogP contribution >= 0.6 is 0 Å². The predicted molar refractivity (Wildman–Crippen MR) is 77.7 cm³/mol. The first-order chi connectivity index (χ1) is 9.12. The summed E-state index contributed by atoms with van der Waals surface area (Å²) in [6.07, 6.45) is 1.85. The number of aliphatic carboxylic acids is 1. The Morgan fingerprint density at radius 2 is 1.75 bits per heavy atom. The van der Waals surface area contributed by atoms with Crippen molar-refractivity contribution < 1.29 is 14.7 Å². The second-order valence-corrected chi connectivity index (χ2v) is 6.77. The molecule has 1 rings (SSSR count). The Morgan fingerprint density at radius 1 is 1.25 bits per heavy atom. The smallest absolute Gasteiger partial charge is 0.326 e. The van der Waals surface area contributed by atoms with Crippen LogP contribution in [0.1, 0.15) is 33.6 Å². The lowest BCUT2D eigenvalue weighted by atomic mass is 9.87. The third-order valence-electron chi connectivity index (χ3n) is 3.86. The number of nitrogens with zero attached hydrogens (tertiary/aromatic N) is 2. The molecule has 1 heterocycles. The molecule has 1 atom stereocenters. The van der Waals surface area contributed by atoms with Crippen molar-refractivity contribution in [3.05, 3.63) is 0 Å². The molecule has 0 bridgehead atoms. The Bertz CT molecular complexity index is 355. The Labute approximate surface area is 121 Å². The molecule has 0 saturated carbocycles. The molecule has 2 N–H and O–H groups in total. The van der Waals surface area contributed by atoms with Gasteiger partial charge in [-0.3, -0.25) is 0 Å². The number of hydrogen-bond acceptors (Lipinski definition) is 3. The van der Waals surface area contributed by atoms with Crippen LogP contribution in [0.5, 0.6) is 0 Å². The minimum absolute atomic E-state index is 0.274. The van der Waals surface area contributed by atoms with Crippen molar-refractivity contribution >= 4 is 12.0 Å². The van der Waals surface area contributed by atoms with Crippen molar-refractivity contribution in [3.63, 3.8) is 0 Å².